The average Bonchev–Trinajstić information content (AvgIpc) is 2.55. The van der Waals surface area contributed by atoms with Crippen molar-refractivity contribution in [2.75, 3.05) is 0 Å². The van der Waals surface area contributed by atoms with E-state index in [1.54, 1.807) is 23.3 Å². The molecule has 3 nitrogen and oxygen atoms in total. The second-order valence-corrected chi connectivity index (χ2v) is 3.46. The molecule has 0 aliphatic rings. The lowest BCUT2D eigenvalue weighted by atomic mass is 10.0. The normalized spacial score (nSPS) is 12.8. The van der Waals surface area contributed by atoms with E-state index in [0.717, 1.165) is 12.8 Å². The summed E-state index contributed by atoms with van der Waals surface area (Å²) in [6.07, 6.45) is 7.74. The highest BCUT2D eigenvalue weighted by molar-refractivity contribution is 5.78. The van der Waals surface area contributed by atoms with E-state index < -0.39 is 0 Å². The molecule has 0 radical (unpaired) electrons. The van der Waals surface area contributed by atoms with Crippen molar-refractivity contribution in [3.63, 3.8) is 0 Å². The van der Waals surface area contributed by atoms with Crippen LogP contribution in [0.1, 0.15) is 37.9 Å². The highest BCUT2D eigenvalue weighted by atomic mass is 16.2. The van der Waals surface area contributed by atoms with Gasteiger partial charge >= 0.3 is 0 Å². The highest BCUT2D eigenvalue weighted by Gasteiger charge is 2.09. The monoisotopic (exact) mass is 180 g/mol. The molecule has 1 rings (SSSR count). The maximum absolute atomic E-state index is 11.5. The molecular weight excluding hydrogens is 164 g/mol. The fourth-order valence-electron chi connectivity index (χ4n) is 1.41. The largest absolute Gasteiger partial charge is 0.276 e. The van der Waals surface area contributed by atoms with Crippen molar-refractivity contribution < 1.29 is 4.79 Å². The zero-order valence-electron chi connectivity index (χ0n) is 8.23. The topological polar surface area (TPSA) is 34.9 Å². The molecule has 0 aromatic carbocycles. The lowest BCUT2D eigenvalue weighted by Crippen LogP contribution is -2.12. The van der Waals surface area contributed by atoms with Crippen molar-refractivity contribution in [3.8, 4) is 0 Å². The van der Waals surface area contributed by atoms with Crippen LogP contribution in [0.3, 0.4) is 0 Å². The number of imidazole rings is 1. The van der Waals surface area contributed by atoms with Crippen molar-refractivity contribution in [3.05, 3.63) is 18.7 Å². The quantitative estimate of drug-likeness (QED) is 0.712. The standard InChI is InChI=1S/C10H16N2O/c1-3-4-9(2)7-10(13)12-6-5-11-8-12/h5-6,8-9H,3-4,7H2,1-2H3/t9-/m1/s1. The number of aromatic nitrogens is 2. The van der Waals surface area contributed by atoms with E-state index in [2.05, 4.69) is 18.8 Å². The molecule has 0 amide bonds. The Morgan fingerprint density at radius 1 is 1.62 bits per heavy atom. The fraction of sp³-hybridized carbons (Fsp3) is 0.600. The first-order valence-electron chi connectivity index (χ1n) is 4.75. The third kappa shape index (κ3) is 3.01. The van der Waals surface area contributed by atoms with Crippen molar-refractivity contribution >= 4 is 5.91 Å². The Morgan fingerprint density at radius 3 is 2.92 bits per heavy atom. The molecular formula is C10H16N2O. The van der Waals surface area contributed by atoms with Crippen LogP contribution < -0.4 is 0 Å². The Balaban J connectivity index is 2.42. The minimum atomic E-state index is 0.137. The minimum absolute atomic E-state index is 0.137. The van der Waals surface area contributed by atoms with Gasteiger partial charge < -0.3 is 0 Å². The van der Waals surface area contributed by atoms with Gasteiger partial charge in [0.25, 0.3) is 0 Å². The first-order chi connectivity index (χ1) is 6.24. The lowest BCUT2D eigenvalue weighted by molar-refractivity contribution is 0.0881. The van der Waals surface area contributed by atoms with Crippen molar-refractivity contribution in [2.45, 2.75) is 33.1 Å². The van der Waals surface area contributed by atoms with Gasteiger partial charge in [-0.05, 0) is 5.92 Å². The molecule has 1 aromatic heterocycles. The number of carbonyl (C=O) groups excluding carboxylic acids is 1. The van der Waals surface area contributed by atoms with E-state index in [4.69, 9.17) is 0 Å². The van der Waals surface area contributed by atoms with E-state index in [-0.39, 0.29) is 5.91 Å². The molecule has 0 saturated heterocycles. The number of rotatable bonds is 4. The first kappa shape index (κ1) is 9.96. The summed E-state index contributed by atoms with van der Waals surface area (Å²) >= 11 is 0. The molecule has 0 N–H and O–H groups in total. The predicted molar refractivity (Wildman–Crippen MR) is 51.5 cm³/mol. The zero-order valence-corrected chi connectivity index (χ0v) is 8.23. The van der Waals surface area contributed by atoms with Gasteiger partial charge in [-0.15, -0.1) is 0 Å². The van der Waals surface area contributed by atoms with Crippen molar-refractivity contribution in [1.82, 2.24) is 9.55 Å². The molecule has 0 fully saturated rings. The van der Waals surface area contributed by atoms with Crippen LogP contribution in [-0.2, 0) is 0 Å². The predicted octanol–water partition coefficient (Wildman–Crippen LogP) is 2.35. The molecule has 1 heterocycles. The van der Waals surface area contributed by atoms with Crippen LogP contribution in [0.5, 0.6) is 0 Å². The van der Waals surface area contributed by atoms with Crippen molar-refractivity contribution in [1.29, 1.82) is 0 Å². The molecule has 0 unspecified atom stereocenters. The van der Waals surface area contributed by atoms with Gasteiger partial charge in [0, 0.05) is 18.8 Å². The Morgan fingerprint density at radius 2 is 2.38 bits per heavy atom. The number of carbonyl (C=O) groups is 1. The van der Waals surface area contributed by atoms with Crippen LogP contribution in [-0.4, -0.2) is 15.5 Å². The SMILES string of the molecule is CCC[C@@H](C)CC(=O)n1ccnc1. The third-order valence-electron chi connectivity index (χ3n) is 2.10. The summed E-state index contributed by atoms with van der Waals surface area (Å²) in [5, 5.41) is 0. The molecule has 0 spiro atoms. The van der Waals surface area contributed by atoms with Crippen LogP contribution in [0.25, 0.3) is 0 Å². The summed E-state index contributed by atoms with van der Waals surface area (Å²) in [7, 11) is 0. The maximum atomic E-state index is 11.5. The van der Waals surface area contributed by atoms with Crippen LogP contribution in [0, 0.1) is 5.92 Å². The molecule has 1 aromatic rings. The third-order valence-corrected chi connectivity index (χ3v) is 2.10. The lowest BCUT2D eigenvalue weighted by Gasteiger charge is -2.08. The Bertz CT molecular complexity index is 254. The molecule has 1 atom stereocenters. The second kappa shape index (κ2) is 4.80. The second-order valence-electron chi connectivity index (χ2n) is 3.46. The maximum Gasteiger partial charge on any atom is 0.232 e. The van der Waals surface area contributed by atoms with Gasteiger partial charge in [0.15, 0.2) is 0 Å². The van der Waals surface area contributed by atoms with Gasteiger partial charge in [-0.25, -0.2) is 4.98 Å². The van der Waals surface area contributed by atoms with Gasteiger partial charge in [0.05, 0.1) is 0 Å². The minimum Gasteiger partial charge on any atom is -0.276 e. The molecule has 0 aliphatic carbocycles. The van der Waals surface area contributed by atoms with Gasteiger partial charge in [-0.2, -0.15) is 0 Å². The number of nitrogens with zero attached hydrogens (tertiary/aromatic N) is 2. The Hall–Kier alpha value is -1.12. The summed E-state index contributed by atoms with van der Waals surface area (Å²) in [5.41, 5.74) is 0. The molecule has 72 valence electrons. The van der Waals surface area contributed by atoms with Crippen molar-refractivity contribution in [2.24, 2.45) is 5.92 Å². The molecule has 0 aliphatic heterocycles. The molecule has 3 heteroatoms. The summed E-state index contributed by atoms with van der Waals surface area (Å²) in [4.78, 5) is 15.4. The zero-order chi connectivity index (χ0) is 9.68. The highest BCUT2D eigenvalue weighted by Crippen LogP contribution is 2.10. The van der Waals surface area contributed by atoms with E-state index in [9.17, 15) is 4.79 Å². The van der Waals surface area contributed by atoms with Crippen LogP contribution in [0.2, 0.25) is 0 Å². The molecule has 13 heavy (non-hydrogen) atoms. The van der Waals surface area contributed by atoms with Crippen LogP contribution in [0.4, 0.5) is 0 Å². The van der Waals surface area contributed by atoms with E-state index in [1.165, 1.54) is 0 Å². The Kier molecular flexibility index (Phi) is 3.68. The van der Waals surface area contributed by atoms with Gasteiger partial charge in [-0.1, -0.05) is 26.7 Å². The van der Waals surface area contributed by atoms with E-state index >= 15 is 0 Å². The number of hydrogen-bond donors (Lipinski definition) is 0. The van der Waals surface area contributed by atoms with Crippen LogP contribution >= 0.6 is 0 Å². The summed E-state index contributed by atoms with van der Waals surface area (Å²) in [6, 6.07) is 0. The first-order valence-corrected chi connectivity index (χ1v) is 4.75. The van der Waals surface area contributed by atoms with E-state index in [0.29, 0.717) is 12.3 Å². The number of hydrogen-bond acceptors (Lipinski definition) is 2. The average molecular weight is 180 g/mol. The van der Waals surface area contributed by atoms with Gasteiger partial charge in [-0.3, -0.25) is 9.36 Å². The Labute approximate surface area is 78.8 Å². The van der Waals surface area contributed by atoms with Gasteiger partial charge in [0.2, 0.25) is 5.91 Å². The van der Waals surface area contributed by atoms with Crippen LogP contribution in [0.15, 0.2) is 18.7 Å². The summed E-state index contributed by atoms with van der Waals surface area (Å²) in [6.45, 7) is 4.25. The fourth-order valence-corrected chi connectivity index (χ4v) is 1.41. The smallest absolute Gasteiger partial charge is 0.232 e. The summed E-state index contributed by atoms with van der Waals surface area (Å²) < 4.78 is 1.55. The molecule has 0 bridgehead atoms. The molecule has 0 saturated carbocycles. The summed E-state index contributed by atoms with van der Waals surface area (Å²) in [5.74, 6) is 0.610. The van der Waals surface area contributed by atoms with Gasteiger partial charge in [0.1, 0.15) is 6.33 Å². The van der Waals surface area contributed by atoms with E-state index in [1.807, 2.05) is 0 Å².